The van der Waals surface area contributed by atoms with Gasteiger partial charge in [0, 0.05) is 18.1 Å². The summed E-state index contributed by atoms with van der Waals surface area (Å²) in [6, 6.07) is 1.85. The van der Waals surface area contributed by atoms with Crippen molar-refractivity contribution in [1.82, 2.24) is 4.90 Å². The molecule has 2 rings (SSSR count). The van der Waals surface area contributed by atoms with Crippen LogP contribution in [0.2, 0.25) is 0 Å². The third-order valence-corrected chi connectivity index (χ3v) is 3.85. The number of aliphatic hydroxyl groups is 1. The fourth-order valence-corrected chi connectivity index (χ4v) is 2.91. The molecule has 76 valence electrons. The first kappa shape index (κ1) is 9.47. The molecule has 13 heavy (non-hydrogen) atoms. The number of likely N-dealkylation sites (tertiary alicyclic amines) is 1. The second-order valence-corrected chi connectivity index (χ2v) is 4.79. The van der Waals surface area contributed by atoms with E-state index in [-0.39, 0.29) is 6.10 Å². The number of hydrogen-bond acceptors (Lipinski definition) is 2. The molecule has 0 radical (unpaired) electrons. The molecule has 1 N–H and O–H groups in total. The minimum atomic E-state index is -0.0389. The standard InChI is InChI=1S/C11H21NO/c1-8-4-3-5-9(2)12(8)10-6-7-11(10)13/h8-11,13H,3-7H2,1-2H3. The first-order chi connectivity index (χ1) is 6.20. The molecule has 1 saturated heterocycles. The van der Waals surface area contributed by atoms with E-state index in [1.165, 1.54) is 25.7 Å². The minimum Gasteiger partial charge on any atom is -0.391 e. The number of nitrogens with zero attached hydrogens (tertiary/aromatic N) is 1. The van der Waals surface area contributed by atoms with Gasteiger partial charge in [-0.1, -0.05) is 6.42 Å². The molecular formula is C11H21NO. The Morgan fingerprint density at radius 3 is 2.00 bits per heavy atom. The van der Waals surface area contributed by atoms with Crippen molar-refractivity contribution >= 4 is 0 Å². The summed E-state index contributed by atoms with van der Waals surface area (Å²) in [6.45, 7) is 4.61. The van der Waals surface area contributed by atoms with E-state index in [9.17, 15) is 5.11 Å². The van der Waals surface area contributed by atoms with E-state index in [1.807, 2.05) is 0 Å². The first-order valence-electron chi connectivity index (χ1n) is 5.65. The van der Waals surface area contributed by atoms with Crippen molar-refractivity contribution in [3.05, 3.63) is 0 Å². The largest absolute Gasteiger partial charge is 0.391 e. The summed E-state index contributed by atoms with van der Waals surface area (Å²) in [7, 11) is 0. The van der Waals surface area contributed by atoms with Gasteiger partial charge in [0.2, 0.25) is 0 Å². The van der Waals surface area contributed by atoms with Crippen LogP contribution in [0.25, 0.3) is 0 Å². The number of hydrogen-bond donors (Lipinski definition) is 1. The molecule has 2 fully saturated rings. The smallest absolute Gasteiger partial charge is 0.0696 e. The minimum absolute atomic E-state index is 0.0389. The number of aliphatic hydroxyl groups excluding tert-OH is 1. The average molecular weight is 183 g/mol. The molecule has 1 heterocycles. The van der Waals surface area contributed by atoms with Crippen LogP contribution in [0.3, 0.4) is 0 Å². The molecule has 0 bridgehead atoms. The summed E-state index contributed by atoms with van der Waals surface area (Å²) in [6.07, 6.45) is 6.17. The van der Waals surface area contributed by atoms with Gasteiger partial charge in [-0.25, -0.2) is 0 Å². The van der Waals surface area contributed by atoms with Crippen LogP contribution in [0.5, 0.6) is 0 Å². The Morgan fingerprint density at radius 1 is 1.00 bits per heavy atom. The topological polar surface area (TPSA) is 23.5 Å². The maximum Gasteiger partial charge on any atom is 0.0696 e. The molecule has 0 spiro atoms. The Hall–Kier alpha value is -0.0800. The highest BCUT2D eigenvalue weighted by molar-refractivity contribution is 4.94. The van der Waals surface area contributed by atoms with Crippen molar-refractivity contribution in [2.24, 2.45) is 0 Å². The number of piperidine rings is 1. The molecule has 0 aromatic carbocycles. The van der Waals surface area contributed by atoms with E-state index in [4.69, 9.17) is 0 Å². The van der Waals surface area contributed by atoms with Gasteiger partial charge in [-0.3, -0.25) is 4.90 Å². The molecule has 1 aliphatic carbocycles. The van der Waals surface area contributed by atoms with E-state index < -0.39 is 0 Å². The van der Waals surface area contributed by atoms with E-state index in [0.29, 0.717) is 18.1 Å². The summed E-state index contributed by atoms with van der Waals surface area (Å²) >= 11 is 0. The zero-order chi connectivity index (χ0) is 9.42. The molecule has 1 saturated carbocycles. The summed E-state index contributed by atoms with van der Waals surface area (Å²) in [5.74, 6) is 0. The van der Waals surface area contributed by atoms with Crippen molar-refractivity contribution in [2.45, 2.75) is 70.2 Å². The SMILES string of the molecule is CC1CCCC(C)N1C1CCC1O. The summed E-state index contributed by atoms with van der Waals surface area (Å²) in [5.41, 5.74) is 0. The summed E-state index contributed by atoms with van der Waals surface area (Å²) < 4.78 is 0. The second-order valence-electron chi connectivity index (χ2n) is 4.79. The molecule has 1 aliphatic heterocycles. The van der Waals surface area contributed by atoms with Gasteiger partial charge < -0.3 is 5.11 Å². The Labute approximate surface area is 80.9 Å². The average Bonchev–Trinajstić information content (AvgIpc) is 2.09. The Morgan fingerprint density at radius 2 is 1.62 bits per heavy atom. The summed E-state index contributed by atoms with van der Waals surface area (Å²) in [5, 5.41) is 9.65. The molecular weight excluding hydrogens is 162 g/mol. The van der Waals surface area contributed by atoms with Crippen LogP contribution in [-0.2, 0) is 0 Å². The third-order valence-electron chi connectivity index (χ3n) is 3.85. The van der Waals surface area contributed by atoms with Gasteiger partial charge in [-0.15, -0.1) is 0 Å². The van der Waals surface area contributed by atoms with E-state index >= 15 is 0 Å². The molecule has 0 aromatic heterocycles. The van der Waals surface area contributed by atoms with Crippen LogP contribution in [0.15, 0.2) is 0 Å². The molecule has 2 aliphatic rings. The molecule has 4 unspecified atom stereocenters. The quantitative estimate of drug-likeness (QED) is 0.669. The first-order valence-corrected chi connectivity index (χ1v) is 5.65. The highest BCUT2D eigenvalue weighted by Gasteiger charge is 2.39. The molecule has 0 aromatic rings. The Balaban J connectivity index is 2.01. The molecule has 2 nitrogen and oxygen atoms in total. The lowest BCUT2D eigenvalue weighted by Crippen LogP contribution is -2.58. The lowest BCUT2D eigenvalue weighted by atomic mass is 9.83. The van der Waals surface area contributed by atoms with Crippen LogP contribution in [-0.4, -0.2) is 34.2 Å². The second kappa shape index (κ2) is 3.58. The zero-order valence-electron chi connectivity index (χ0n) is 8.74. The summed E-state index contributed by atoms with van der Waals surface area (Å²) in [4.78, 5) is 2.55. The maximum absolute atomic E-state index is 9.65. The van der Waals surface area contributed by atoms with Gasteiger partial charge >= 0.3 is 0 Å². The predicted molar refractivity (Wildman–Crippen MR) is 53.6 cm³/mol. The van der Waals surface area contributed by atoms with Gasteiger partial charge in [-0.05, 0) is 39.5 Å². The van der Waals surface area contributed by atoms with Crippen molar-refractivity contribution in [1.29, 1.82) is 0 Å². The van der Waals surface area contributed by atoms with Gasteiger partial charge in [0.25, 0.3) is 0 Å². The van der Waals surface area contributed by atoms with Gasteiger partial charge in [-0.2, -0.15) is 0 Å². The van der Waals surface area contributed by atoms with Crippen molar-refractivity contribution in [2.75, 3.05) is 0 Å². The lowest BCUT2D eigenvalue weighted by molar-refractivity contribution is -0.0677. The molecule has 2 heteroatoms. The highest BCUT2D eigenvalue weighted by Crippen LogP contribution is 2.33. The van der Waals surface area contributed by atoms with Crippen LogP contribution in [0, 0.1) is 0 Å². The maximum atomic E-state index is 9.65. The van der Waals surface area contributed by atoms with E-state index in [2.05, 4.69) is 18.7 Å². The molecule has 0 amide bonds. The van der Waals surface area contributed by atoms with E-state index in [0.717, 1.165) is 6.42 Å². The lowest BCUT2D eigenvalue weighted by Gasteiger charge is -2.50. The Bertz CT molecular complexity index is 173. The van der Waals surface area contributed by atoms with Crippen LogP contribution in [0.1, 0.15) is 46.0 Å². The third kappa shape index (κ3) is 1.62. The van der Waals surface area contributed by atoms with Crippen molar-refractivity contribution < 1.29 is 5.11 Å². The van der Waals surface area contributed by atoms with Crippen LogP contribution >= 0.6 is 0 Å². The fourth-order valence-electron chi connectivity index (χ4n) is 2.91. The van der Waals surface area contributed by atoms with Crippen LogP contribution < -0.4 is 0 Å². The zero-order valence-corrected chi connectivity index (χ0v) is 8.74. The van der Waals surface area contributed by atoms with Crippen molar-refractivity contribution in [3.63, 3.8) is 0 Å². The predicted octanol–water partition coefficient (Wildman–Crippen LogP) is 1.77. The fraction of sp³-hybridized carbons (Fsp3) is 1.00. The highest BCUT2D eigenvalue weighted by atomic mass is 16.3. The Kier molecular flexibility index (Phi) is 2.61. The van der Waals surface area contributed by atoms with Gasteiger partial charge in [0.15, 0.2) is 0 Å². The van der Waals surface area contributed by atoms with E-state index in [1.54, 1.807) is 0 Å². The number of rotatable bonds is 1. The normalized spacial score (nSPS) is 47.3. The monoisotopic (exact) mass is 183 g/mol. The molecule has 4 atom stereocenters. The van der Waals surface area contributed by atoms with Crippen LogP contribution in [0.4, 0.5) is 0 Å². The van der Waals surface area contributed by atoms with Gasteiger partial charge in [0.1, 0.15) is 0 Å². The van der Waals surface area contributed by atoms with Crippen molar-refractivity contribution in [3.8, 4) is 0 Å². The van der Waals surface area contributed by atoms with Gasteiger partial charge in [0.05, 0.1) is 6.10 Å².